The lowest BCUT2D eigenvalue weighted by Crippen LogP contribution is -1.96. The third kappa shape index (κ3) is 1.33. The molecular formula is C13H7F3O. The monoisotopic (exact) mass is 236 g/mol. The number of aromatic hydroxyl groups is 1. The minimum absolute atomic E-state index is 0.0536. The Labute approximate surface area is 95.1 Å². The molecule has 0 saturated heterocycles. The topological polar surface area (TPSA) is 20.2 Å². The van der Waals surface area contributed by atoms with E-state index in [-0.39, 0.29) is 17.7 Å². The van der Waals surface area contributed by atoms with Gasteiger partial charge >= 0.3 is 0 Å². The van der Waals surface area contributed by atoms with Gasteiger partial charge in [0.15, 0.2) is 17.5 Å². The molecule has 0 unspecified atom stereocenters. The lowest BCUT2D eigenvalue weighted by atomic mass is 10.1. The van der Waals surface area contributed by atoms with Crippen LogP contribution in [0.25, 0.3) is 11.1 Å². The average Bonchev–Trinajstić information content (AvgIpc) is 2.64. The van der Waals surface area contributed by atoms with Crippen LogP contribution >= 0.6 is 0 Å². The maximum atomic E-state index is 13.6. The van der Waals surface area contributed by atoms with E-state index in [2.05, 4.69) is 0 Å². The van der Waals surface area contributed by atoms with Gasteiger partial charge in [-0.1, -0.05) is 6.07 Å². The summed E-state index contributed by atoms with van der Waals surface area (Å²) in [6.45, 7) is 0. The number of benzene rings is 2. The van der Waals surface area contributed by atoms with E-state index in [9.17, 15) is 18.3 Å². The summed E-state index contributed by atoms with van der Waals surface area (Å²) in [5.41, 5.74) is 1.81. The number of phenols is 1. The number of hydrogen-bond donors (Lipinski definition) is 1. The van der Waals surface area contributed by atoms with Gasteiger partial charge in [0.1, 0.15) is 5.75 Å². The number of hydrogen-bond acceptors (Lipinski definition) is 1. The van der Waals surface area contributed by atoms with Gasteiger partial charge < -0.3 is 5.11 Å². The van der Waals surface area contributed by atoms with Crippen LogP contribution in [0.1, 0.15) is 11.1 Å². The third-order valence-electron chi connectivity index (χ3n) is 3.01. The van der Waals surface area contributed by atoms with Crippen LogP contribution in [0, 0.1) is 17.5 Å². The Morgan fingerprint density at radius 3 is 2.47 bits per heavy atom. The zero-order valence-corrected chi connectivity index (χ0v) is 8.60. The number of rotatable bonds is 0. The maximum Gasteiger partial charge on any atom is 0.194 e. The molecule has 0 fully saturated rings. The van der Waals surface area contributed by atoms with Crippen molar-refractivity contribution < 1.29 is 18.3 Å². The van der Waals surface area contributed by atoms with E-state index in [1.54, 1.807) is 6.07 Å². The van der Waals surface area contributed by atoms with Crippen molar-refractivity contribution in [3.63, 3.8) is 0 Å². The van der Waals surface area contributed by atoms with Gasteiger partial charge in [-0.25, -0.2) is 13.2 Å². The second kappa shape index (κ2) is 3.26. The van der Waals surface area contributed by atoms with E-state index < -0.39 is 17.5 Å². The maximum absolute atomic E-state index is 13.6. The standard InChI is InChI=1S/C13H7F3O/c14-11-5-9-8-2-1-7(17)3-6(8)4-10(9)12(15)13(11)16/h1-3,5,17H,4H2. The predicted octanol–water partition coefficient (Wildman–Crippen LogP) is 3.38. The molecule has 0 aliphatic heterocycles. The fraction of sp³-hybridized carbons (Fsp3) is 0.0769. The largest absolute Gasteiger partial charge is 0.508 e. The van der Waals surface area contributed by atoms with Gasteiger partial charge in [0.25, 0.3) is 0 Å². The molecule has 17 heavy (non-hydrogen) atoms. The van der Waals surface area contributed by atoms with E-state index in [0.717, 1.165) is 6.07 Å². The molecule has 1 aliphatic rings. The van der Waals surface area contributed by atoms with Crippen molar-refractivity contribution >= 4 is 0 Å². The van der Waals surface area contributed by atoms with Crippen LogP contribution in [-0.2, 0) is 6.42 Å². The van der Waals surface area contributed by atoms with E-state index in [0.29, 0.717) is 16.7 Å². The molecule has 0 heterocycles. The molecule has 0 aromatic heterocycles. The zero-order valence-electron chi connectivity index (χ0n) is 8.60. The second-order valence-corrected chi connectivity index (χ2v) is 4.03. The van der Waals surface area contributed by atoms with Crippen LogP contribution < -0.4 is 0 Å². The molecular weight excluding hydrogens is 229 g/mol. The molecule has 1 N–H and O–H groups in total. The summed E-state index contributed by atoms with van der Waals surface area (Å²) in [5, 5.41) is 9.31. The highest BCUT2D eigenvalue weighted by molar-refractivity contribution is 5.77. The first-order valence-electron chi connectivity index (χ1n) is 5.06. The lowest BCUT2D eigenvalue weighted by molar-refractivity contribution is 0.443. The van der Waals surface area contributed by atoms with Gasteiger partial charge in [0, 0.05) is 12.0 Å². The summed E-state index contributed by atoms with van der Waals surface area (Å²) in [7, 11) is 0. The highest BCUT2D eigenvalue weighted by Gasteiger charge is 2.26. The number of phenolic OH excluding ortho intramolecular Hbond substituents is 1. The molecule has 86 valence electrons. The Morgan fingerprint density at radius 1 is 0.941 bits per heavy atom. The Hall–Kier alpha value is -1.97. The molecule has 1 aliphatic carbocycles. The predicted molar refractivity (Wildman–Crippen MR) is 56.2 cm³/mol. The Balaban J connectivity index is 2.30. The first-order valence-corrected chi connectivity index (χ1v) is 5.06. The van der Waals surface area contributed by atoms with Crippen molar-refractivity contribution in [2.75, 3.05) is 0 Å². The molecule has 1 nitrogen and oxygen atoms in total. The van der Waals surface area contributed by atoms with Crippen molar-refractivity contribution in [2.24, 2.45) is 0 Å². The molecule has 0 radical (unpaired) electrons. The normalized spacial score (nSPS) is 12.4. The van der Waals surface area contributed by atoms with Crippen molar-refractivity contribution in [1.29, 1.82) is 0 Å². The van der Waals surface area contributed by atoms with E-state index in [1.807, 2.05) is 0 Å². The minimum atomic E-state index is -1.44. The van der Waals surface area contributed by atoms with Crippen LogP contribution in [0.15, 0.2) is 24.3 Å². The minimum Gasteiger partial charge on any atom is -0.508 e. The average molecular weight is 236 g/mol. The first-order chi connectivity index (χ1) is 8.08. The van der Waals surface area contributed by atoms with Crippen molar-refractivity contribution in [1.82, 2.24) is 0 Å². The molecule has 0 saturated carbocycles. The van der Waals surface area contributed by atoms with Crippen LogP contribution in [0.4, 0.5) is 13.2 Å². The summed E-state index contributed by atoms with van der Waals surface area (Å²) in [6, 6.07) is 5.49. The Bertz CT molecular complexity index is 635. The van der Waals surface area contributed by atoms with Crippen molar-refractivity contribution in [3.8, 4) is 16.9 Å². The van der Waals surface area contributed by atoms with Gasteiger partial charge in [-0.05, 0) is 34.9 Å². The van der Waals surface area contributed by atoms with E-state index >= 15 is 0 Å². The first kappa shape index (κ1) is 10.2. The second-order valence-electron chi connectivity index (χ2n) is 4.03. The Morgan fingerprint density at radius 2 is 1.71 bits per heavy atom. The molecule has 2 aromatic carbocycles. The molecule has 0 spiro atoms. The van der Waals surface area contributed by atoms with Gasteiger partial charge in [-0.2, -0.15) is 0 Å². The van der Waals surface area contributed by atoms with Crippen LogP contribution in [-0.4, -0.2) is 5.11 Å². The molecule has 0 atom stereocenters. The SMILES string of the molecule is Oc1ccc2c(c1)Cc1c-2cc(F)c(F)c1F. The van der Waals surface area contributed by atoms with Crippen molar-refractivity contribution in [2.45, 2.75) is 6.42 Å². The highest BCUT2D eigenvalue weighted by Crippen LogP contribution is 2.40. The smallest absolute Gasteiger partial charge is 0.194 e. The van der Waals surface area contributed by atoms with E-state index in [1.165, 1.54) is 12.1 Å². The van der Waals surface area contributed by atoms with Crippen LogP contribution in [0.2, 0.25) is 0 Å². The summed E-state index contributed by atoms with van der Waals surface area (Å²) >= 11 is 0. The summed E-state index contributed by atoms with van der Waals surface area (Å²) < 4.78 is 39.8. The molecule has 0 amide bonds. The Kier molecular flexibility index (Phi) is 1.96. The lowest BCUT2D eigenvalue weighted by Gasteiger charge is -2.03. The fourth-order valence-corrected chi connectivity index (χ4v) is 2.23. The van der Waals surface area contributed by atoms with Crippen LogP contribution in [0.3, 0.4) is 0 Å². The molecule has 2 aromatic rings. The van der Waals surface area contributed by atoms with Gasteiger partial charge in [0.2, 0.25) is 0 Å². The van der Waals surface area contributed by atoms with Crippen LogP contribution in [0.5, 0.6) is 5.75 Å². The van der Waals surface area contributed by atoms with Gasteiger partial charge in [0.05, 0.1) is 0 Å². The molecule has 4 heteroatoms. The van der Waals surface area contributed by atoms with Crippen molar-refractivity contribution in [3.05, 3.63) is 52.8 Å². The zero-order chi connectivity index (χ0) is 12.2. The summed E-state index contributed by atoms with van der Waals surface area (Å²) in [5.74, 6) is -3.73. The van der Waals surface area contributed by atoms with Gasteiger partial charge in [-0.3, -0.25) is 0 Å². The highest BCUT2D eigenvalue weighted by atomic mass is 19.2. The fourth-order valence-electron chi connectivity index (χ4n) is 2.23. The summed E-state index contributed by atoms with van der Waals surface area (Å²) in [6.07, 6.45) is 0.169. The summed E-state index contributed by atoms with van der Waals surface area (Å²) in [4.78, 5) is 0. The number of fused-ring (bicyclic) bond motifs is 3. The number of halogens is 3. The molecule has 0 bridgehead atoms. The van der Waals surface area contributed by atoms with E-state index in [4.69, 9.17) is 0 Å². The quantitative estimate of drug-likeness (QED) is 0.593. The third-order valence-corrected chi connectivity index (χ3v) is 3.01. The molecule has 3 rings (SSSR count). The van der Waals surface area contributed by atoms with Gasteiger partial charge in [-0.15, -0.1) is 0 Å².